The van der Waals surface area contributed by atoms with E-state index in [1.54, 1.807) is 24.3 Å². The third-order valence-corrected chi connectivity index (χ3v) is 7.10. The van der Waals surface area contributed by atoms with Crippen molar-refractivity contribution >= 4 is 32.6 Å². The SMILES string of the molecule is CC.CS(=O)(=O)c1ccc(C2=C(c3ccc(F)c(Cl)c3)CC3(CC2)CC3)cc1. The molecule has 2 aromatic carbocycles. The molecule has 5 heteroatoms. The van der Waals surface area contributed by atoms with Gasteiger partial charge in [0.25, 0.3) is 0 Å². The fourth-order valence-electron chi connectivity index (χ4n) is 3.90. The smallest absolute Gasteiger partial charge is 0.175 e. The van der Waals surface area contributed by atoms with Crippen LogP contribution in [-0.4, -0.2) is 14.7 Å². The molecule has 0 aliphatic heterocycles. The van der Waals surface area contributed by atoms with Crippen molar-refractivity contribution in [2.45, 2.75) is 50.8 Å². The summed E-state index contributed by atoms with van der Waals surface area (Å²) in [5, 5.41) is 0.136. The first-order chi connectivity index (χ1) is 13.3. The van der Waals surface area contributed by atoms with Crippen LogP contribution in [0.5, 0.6) is 0 Å². The van der Waals surface area contributed by atoms with Crippen LogP contribution in [0.1, 0.15) is 57.1 Å². The number of halogens is 2. The minimum atomic E-state index is -3.21. The zero-order valence-corrected chi connectivity index (χ0v) is 18.1. The Morgan fingerprint density at radius 1 is 0.929 bits per heavy atom. The summed E-state index contributed by atoms with van der Waals surface area (Å²) in [5.74, 6) is -0.410. The van der Waals surface area contributed by atoms with E-state index in [1.807, 2.05) is 26.0 Å². The second kappa shape index (κ2) is 8.00. The number of sulfone groups is 1. The highest BCUT2D eigenvalue weighted by Crippen LogP contribution is 2.60. The molecule has 0 saturated heterocycles. The Morgan fingerprint density at radius 3 is 2.07 bits per heavy atom. The Bertz CT molecular complexity index is 1000. The van der Waals surface area contributed by atoms with E-state index in [9.17, 15) is 12.8 Å². The lowest BCUT2D eigenvalue weighted by atomic mass is 9.77. The highest BCUT2D eigenvalue weighted by atomic mass is 35.5. The summed E-state index contributed by atoms with van der Waals surface area (Å²) < 4.78 is 37.0. The van der Waals surface area contributed by atoms with Crippen molar-refractivity contribution in [2.24, 2.45) is 5.41 Å². The number of allylic oxidation sites excluding steroid dienone is 2. The molecule has 150 valence electrons. The molecule has 0 bridgehead atoms. The van der Waals surface area contributed by atoms with Crippen LogP contribution in [0.4, 0.5) is 4.39 Å². The van der Waals surface area contributed by atoms with Gasteiger partial charge in [-0.15, -0.1) is 0 Å². The van der Waals surface area contributed by atoms with E-state index in [0.717, 1.165) is 30.4 Å². The van der Waals surface area contributed by atoms with E-state index in [1.165, 1.54) is 36.3 Å². The molecule has 0 aromatic heterocycles. The van der Waals surface area contributed by atoms with E-state index in [0.29, 0.717) is 10.3 Å². The highest BCUT2D eigenvalue weighted by molar-refractivity contribution is 7.90. The predicted molar refractivity (Wildman–Crippen MR) is 115 cm³/mol. The Labute approximate surface area is 172 Å². The first-order valence-electron chi connectivity index (χ1n) is 9.75. The van der Waals surface area contributed by atoms with Crippen molar-refractivity contribution in [3.8, 4) is 0 Å². The topological polar surface area (TPSA) is 34.1 Å². The Hall–Kier alpha value is -1.65. The second-order valence-corrected chi connectivity index (χ2v) is 9.98. The molecule has 28 heavy (non-hydrogen) atoms. The van der Waals surface area contributed by atoms with Gasteiger partial charge in [-0.2, -0.15) is 0 Å². The zero-order valence-electron chi connectivity index (χ0n) is 16.6. The van der Waals surface area contributed by atoms with Crippen LogP contribution < -0.4 is 0 Å². The minimum Gasteiger partial charge on any atom is -0.224 e. The van der Waals surface area contributed by atoms with Gasteiger partial charge in [-0.25, -0.2) is 12.8 Å². The van der Waals surface area contributed by atoms with Crippen molar-refractivity contribution in [1.82, 2.24) is 0 Å². The van der Waals surface area contributed by atoms with Gasteiger partial charge in [-0.05, 0) is 84.1 Å². The third kappa shape index (κ3) is 4.33. The maximum atomic E-state index is 13.6. The van der Waals surface area contributed by atoms with E-state index >= 15 is 0 Å². The van der Waals surface area contributed by atoms with Gasteiger partial charge in [0.15, 0.2) is 9.84 Å². The van der Waals surface area contributed by atoms with Crippen LogP contribution in [0, 0.1) is 11.2 Å². The predicted octanol–water partition coefficient (Wildman–Crippen LogP) is 6.78. The molecule has 0 atom stereocenters. The third-order valence-electron chi connectivity index (χ3n) is 5.68. The van der Waals surface area contributed by atoms with Crippen LogP contribution in [-0.2, 0) is 9.84 Å². The summed E-state index contributed by atoms with van der Waals surface area (Å²) in [7, 11) is -3.21. The average molecular weight is 421 g/mol. The molecule has 0 radical (unpaired) electrons. The molecule has 2 nitrogen and oxygen atoms in total. The maximum Gasteiger partial charge on any atom is 0.175 e. The minimum absolute atomic E-state index is 0.136. The Balaban J connectivity index is 0.00000109. The molecule has 1 saturated carbocycles. The first kappa shape index (κ1) is 21.1. The molecule has 2 aromatic rings. The quantitative estimate of drug-likeness (QED) is 0.548. The number of benzene rings is 2. The number of hydrogen-bond acceptors (Lipinski definition) is 2. The van der Waals surface area contributed by atoms with Crippen molar-refractivity contribution < 1.29 is 12.8 Å². The normalized spacial score (nSPS) is 17.9. The maximum absolute atomic E-state index is 13.6. The summed E-state index contributed by atoms with van der Waals surface area (Å²) in [5.41, 5.74) is 4.81. The van der Waals surface area contributed by atoms with Crippen LogP contribution >= 0.6 is 11.6 Å². The number of hydrogen-bond donors (Lipinski definition) is 0. The van der Waals surface area contributed by atoms with Gasteiger partial charge in [0.2, 0.25) is 0 Å². The van der Waals surface area contributed by atoms with Gasteiger partial charge in [0, 0.05) is 6.26 Å². The molecule has 1 fully saturated rings. The van der Waals surface area contributed by atoms with Crippen molar-refractivity contribution in [2.75, 3.05) is 6.26 Å². The van der Waals surface area contributed by atoms with E-state index in [2.05, 4.69) is 0 Å². The van der Waals surface area contributed by atoms with Crippen LogP contribution in [0.25, 0.3) is 11.1 Å². The van der Waals surface area contributed by atoms with E-state index in [-0.39, 0.29) is 5.02 Å². The van der Waals surface area contributed by atoms with Crippen molar-refractivity contribution in [1.29, 1.82) is 0 Å². The monoisotopic (exact) mass is 420 g/mol. The van der Waals surface area contributed by atoms with Crippen LogP contribution in [0.2, 0.25) is 5.02 Å². The molecule has 4 rings (SSSR count). The molecule has 0 N–H and O–H groups in total. The fraction of sp³-hybridized carbons (Fsp3) is 0.391. The lowest BCUT2D eigenvalue weighted by Gasteiger charge is -2.28. The molecule has 0 amide bonds. The molecule has 0 heterocycles. The first-order valence-corrected chi connectivity index (χ1v) is 12.0. The Morgan fingerprint density at radius 2 is 1.54 bits per heavy atom. The molecule has 2 aliphatic rings. The zero-order chi connectivity index (χ0) is 20.5. The molecule has 2 aliphatic carbocycles. The second-order valence-electron chi connectivity index (χ2n) is 7.56. The van der Waals surface area contributed by atoms with Gasteiger partial charge < -0.3 is 0 Å². The van der Waals surface area contributed by atoms with Gasteiger partial charge in [0.1, 0.15) is 5.82 Å². The van der Waals surface area contributed by atoms with Gasteiger partial charge in [0.05, 0.1) is 9.92 Å². The fourth-order valence-corrected chi connectivity index (χ4v) is 4.71. The van der Waals surface area contributed by atoms with Gasteiger partial charge in [-0.1, -0.05) is 43.6 Å². The largest absolute Gasteiger partial charge is 0.224 e. The summed E-state index contributed by atoms with van der Waals surface area (Å²) in [6, 6.07) is 12.0. The average Bonchev–Trinajstić information content (AvgIpc) is 3.44. The van der Waals surface area contributed by atoms with Crippen LogP contribution in [0.15, 0.2) is 47.4 Å². The highest BCUT2D eigenvalue weighted by Gasteiger charge is 2.45. The van der Waals surface area contributed by atoms with Crippen molar-refractivity contribution in [3.63, 3.8) is 0 Å². The lowest BCUT2D eigenvalue weighted by Crippen LogP contribution is -2.10. The van der Waals surface area contributed by atoms with Crippen LogP contribution in [0.3, 0.4) is 0 Å². The molecular weight excluding hydrogens is 395 g/mol. The molecule has 0 unspecified atom stereocenters. The van der Waals surface area contributed by atoms with E-state index < -0.39 is 15.7 Å². The molecular formula is C23H26ClFO2S. The summed E-state index contributed by atoms with van der Waals surface area (Å²) >= 11 is 6.02. The van der Waals surface area contributed by atoms with Crippen molar-refractivity contribution in [3.05, 3.63) is 64.4 Å². The summed E-state index contributed by atoms with van der Waals surface area (Å²) in [6.45, 7) is 4.00. The van der Waals surface area contributed by atoms with E-state index in [4.69, 9.17) is 11.6 Å². The molecule has 1 spiro atoms. The number of rotatable bonds is 3. The Kier molecular flexibility index (Phi) is 6.02. The lowest BCUT2D eigenvalue weighted by molar-refractivity contribution is 0.474. The summed E-state index contributed by atoms with van der Waals surface area (Å²) in [4.78, 5) is 0.322. The summed E-state index contributed by atoms with van der Waals surface area (Å²) in [6.07, 6.45) is 6.76. The van der Waals surface area contributed by atoms with Gasteiger partial charge >= 0.3 is 0 Å². The van der Waals surface area contributed by atoms with Gasteiger partial charge in [-0.3, -0.25) is 0 Å². The standard InChI is InChI=1S/C21H20ClFO2S.C2H6/c1-26(24,25)16-5-2-14(3-6-16)17-8-9-21(10-11-21)13-18(17)15-4-7-20(23)19(22)12-15;1-2/h2-7,12H,8-11,13H2,1H3;1-2H3.